The summed E-state index contributed by atoms with van der Waals surface area (Å²) < 4.78 is 21.2. The van der Waals surface area contributed by atoms with Crippen molar-refractivity contribution in [1.29, 1.82) is 0 Å². The molecule has 1 heterocycles. The Hall–Kier alpha value is -2.21. The predicted octanol–water partition coefficient (Wildman–Crippen LogP) is 3.36. The Morgan fingerprint density at radius 2 is 1.95 bits per heavy atom. The molecule has 22 heavy (non-hydrogen) atoms. The SMILES string of the molecule is COc1ccc(Cn2c(=O)cnc3ccc(Br)c(F)c32)cc1. The Balaban J connectivity index is 2.14. The molecule has 4 nitrogen and oxygen atoms in total. The first-order valence-corrected chi connectivity index (χ1v) is 7.36. The molecular weight excluding hydrogens is 351 g/mol. The highest BCUT2D eigenvalue weighted by atomic mass is 79.9. The topological polar surface area (TPSA) is 44.1 Å². The smallest absolute Gasteiger partial charge is 0.269 e. The first-order valence-electron chi connectivity index (χ1n) is 6.56. The molecule has 0 aliphatic rings. The van der Waals surface area contributed by atoms with Crippen molar-refractivity contribution in [2.75, 3.05) is 7.11 Å². The summed E-state index contributed by atoms with van der Waals surface area (Å²) in [6.07, 6.45) is 1.21. The third-order valence-corrected chi connectivity index (χ3v) is 4.01. The Morgan fingerprint density at radius 1 is 1.23 bits per heavy atom. The van der Waals surface area contributed by atoms with Crippen LogP contribution in [-0.2, 0) is 6.54 Å². The minimum Gasteiger partial charge on any atom is -0.497 e. The number of fused-ring (bicyclic) bond motifs is 1. The lowest BCUT2D eigenvalue weighted by molar-refractivity contribution is 0.414. The van der Waals surface area contributed by atoms with E-state index in [1.165, 1.54) is 10.8 Å². The molecule has 0 aliphatic carbocycles. The van der Waals surface area contributed by atoms with Crippen molar-refractivity contribution < 1.29 is 9.13 Å². The average Bonchev–Trinajstić information content (AvgIpc) is 2.54. The van der Waals surface area contributed by atoms with Gasteiger partial charge in [-0.1, -0.05) is 12.1 Å². The summed E-state index contributed by atoms with van der Waals surface area (Å²) in [4.78, 5) is 16.1. The van der Waals surface area contributed by atoms with Gasteiger partial charge >= 0.3 is 0 Å². The Kier molecular flexibility index (Phi) is 3.94. The van der Waals surface area contributed by atoms with E-state index < -0.39 is 5.82 Å². The molecule has 0 amide bonds. The van der Waals surface area contributed by atoms with Crippen molar-refractivity contribution in [1.82, 2.24) is 9.55 Å². The molecule has 2 aromatic carbocycles. The van der Waals surface area contributed by atoms with Gasteiger partial charge in [-0.2, -0.15) is 0 Å². The van der Waals surface area contributed by atoms with Crippen LogP contribution in [-0.4, -0.2) is 16.7 Å². The first kappa shape index (κ1) is 14.7. The molecule has 112 valence electrons. The standard InChI is InChI=1S/C16H12BrFN2O2/c1-22-11-4-2-10(3-5-11)9-20-14(21)8-19-13-7-6-12(17)15(18)16(13)20/h2-8H,9H2,1H3. The lowest BCUT2D eigenvalue weighted by atomic mass is 10.2. The third-order valence-electron chi connectivity index (χ3n) is 3.40. The summed E-state index contributed by atoms with van der Waals surface area (Å²) in [5, 5.41) is 0. The van der Waals surface area contributed by atoms with E-state index >= 15 is 0 Å². The normalized spacial score (nSPS) is 10.9. The summed E-state index contributed by atoms with van der Waals surface area (Å²) in [6.45, 7) is 0.259. The van der Waals surface area contributed by atoms with Gasteiger partial charge in [0.25, 0.3) is 5.56 Å². The van der Waals surface area contributed by atoms with E-state index in [4.69, 9.17) is 4.74 Å². The van der Waals surface area contributed by atoms with Gasteiger partial charge in [0.2, 0.25) is 0 Å². The molecule has 0 radical (unpaired) electrons. The number of aromatic nitrogens is 2. The zero-order chi connectivity index (χ0) is 15.7. The van der Waals surface area contributed by atoms with Gasteiger partial charge in [0, 0.05) is 0 Å². The van der Waals surface area contributed by atoms with Gasteiger partial charge < -0.3 is 4.74 Å². The summed E-state index contributed by atoms with van der Waals surface area (Å²) in [6, 6.07) is 10.5. The molecule has 0 saturated carbocycles. The maximum absolute atomic E-state index is 14.4. The highest BCUT2D eigenvalue weighted by molar-refractivity contribution is 9.10. The predicted molar refractivity (Wildman–Crippen MR) is 85.8 cm³/mol. The second kappa shape index (κ2) is 5.88. The van der Waals surface area contributed by atoms with Crippen LogP contribution >= 0.6 is 15.9 Å². The van der Waals surface area contributed by atoms with E-state index in [2.05, 4.69) is 20.9 Å². The number of halogens is 2. The fraction of sp³-hybridized carbons (Fsp3) is 0.125. The maximum atomic E-state index is 14.4. The van der Waals surface area contributed by atoms with Crippen LogP contribution in [0.15, 0.2) is 51.9 Å². The largest absolute Gasteiger partial charge is 0.497 e. The zero-order valence-electron chi connectivity index (χ0n) is 11.7. The lowest BCUT2D eigenvalue weighted by Gasteiger charge is -2.11. The molecule has 1 aromatic heterocycles. The molecule has 0 saturated heterocycles. The van der Waals surface area contributed by atoms with Crippen molar-refractivity contribution in [2.24, 2.45) is 0 Å². The maximum Gasteiger partial charge on any atom is 0.269 e. The molecule has 3 aromatic rings. The van der Waals surface area contributed by atoms with Crippen molar-refractivity contribution in [2.45, 2.75) is 6.54 Å². The van der Waals surface area contributed by atoms with E-state index in [0.717, 1.165) is 11.3 Å². The molecule has 3 rings (SSSR count). The molecule has 0 fully saturated rings. The van der Waals surface area contributed by atoms with Crippen LogP contribution in [0.4, 0.5) is 4.39 Å². The van der Waals surface area contributed by atoms with Crippen molar-refractivity contribution in [3.05, 3.63) is 68.8 Å². The van der Waals surface area contributed by atoms with Crippen molar-refractivity contribution >= 4 is 27.0 Å². The fourth-order valence-corrected chi connectivity index (χ4v) is 2.59. The second-order valence-electron chi connectivity index (χ2n) is 4.76. The number of ether oxygens (including phenoxy) is 1. The van der Waals surface area contributed by atoms with Gasteiger partial charge in [-0.15, -0.1) is 0 Å². The summed E-state index contributed by atoms with van der Waals surface area (Å²) in [5.41, 5.74) is 1.15. The van der Waals surface area contributed by atoms with Crippen LogP contribution < -0.4 is 10.3 Å². The van der Waals surface area contributed by atoms with Crippen LogP contribution in [0, 0.1) is 5.82 Å². The molecule has 0 N–H and O–H groups in total. The second-order valence-corrected chi connectivity index (χ2v) is 5.61. The third kappa shape index (κ3) is 2.62. The Morgan fingerprint density at radius 3 is 2.64 bits per heavy atom. The minimum atomic E-state index is -0.490. The Labute approximate surface area is 134 Å². The van der Waals surface area contributed by atoms with E-state index in [-0.39, 0.29) is 17.6 Å². The van der Waals surface area contributed by atoms with Gasteiger partial charge in [0.1, 0.15) is 11.3 Å². The minimum absolute atomic E-state index is 0.192. The van der Waals surface area contributed by atoms with Crippen LogP contribution in [0.2, 0.25) is 0 Å². The van der Waals surface area contributed by atoms with Gasteiger partial charge in [0.05, 0.1) is 29.8 Å². The summed E-state index contributed by atoms with van der Waals surface area (Å²) in [7, 11) is 1.59. The quantitative estimate of drug-likeness (QED) is 0.717. The molecule has 6 heteroatoms. The Bertz CT molecular complexity index is 891. The fourth-order valence-electron chi connectivity index (χ4n) is 2.27. The van der Waals surface area contributed by atoms with Gasteiger partial charge in [0.15, 0.2) is 5.82 Å². The molecule has 0 atom stereocenters. The molecule has 0 bridgehead atoms. The molecular formula is C16H12BrFN2O2. The number of nitrogens with zero attached hydrogens (tertiary/aromatic N) is 2. The molecule has 0 spiro atoms. The molecule has 0 aliphatic heterocycles. The van der Waals surface area contributed by atoms with Crippen molar-refractivity contribution in [3.63, 3.8) is 0 Å². The summed E-state index contributed by atoms with van der Waals surface area (Å²) in [5.74, 6) is 0.237. The van der Waals surface area contributed by atoms with Crippen LogP contribution in [0.25, 0.3) is 11.0 Å². The lowest BCUT2D eigenvalue weighted by Crippen LogP contribution is -2.22. The van der Waals surface area contributed by atoms with Gasteiger partial charge in [-0.25, -0.2) is 9.37 Å². The summed E-state index contributed by atoms with van der Waals surface area (Å²) >= 11 is 3.14. The number of rotatable bonds is 3. The van der Waals surface area contributed by atoms with Gasteiger partial charge in [-0.05, 0) is 45.8 Å². The highest BCUT2D eigenvalue weighted by Gasteiger charge is 2.12. The van der Waals surface area contributed by atoms with E-state index in [1.807, 2.05) is 12.1 Å². The first-order chi connectivity index (χ1) is 10.6. The van der Waals surface area contributed by atoms with E-state index in [9.17, 15) is 9.18 Å². The van der Waals surface area contributed by atoms with E-state index in [1.54, 1.807) is 31.4 Å². The van der Waals surface area contributed by atoms with Crippen LogP contribution in [0.3, 0.4) is 0 Å². The van der Waals surface area contributed by atoms with Gasteiger partial charge in [-0.3, -0.25) is 9.36 Å². The average molecular weight is 363 g/mol. The van der Waals surface area contributed by atoms with Crippen LogP contribution in [0.1, 0.15) is 5.56 Å². The highest BCUT2D eigenvalue weighted by Crippen LogP contribution is 2.23. The molecule has 0 unspecified atom stereocenters. The van der Waals surface area contributed by atoms with Crippen molar-refractivity contribution in [3.8, 4) is 5.75 Å². The number of benzene rings is 2. The van der Waals surface area contributed by atoms with E-state index in [0.29, 0.717) is 9.99 Å². The van der Waals surface area contributed by atoms with Crippen LogP contribution in [0.5, 0.6) is 5.75 Å². The number of hydrogen-bond acceptors (Lipinski definition) is 3. The monoisotopic (exact) mass is 362 g/mol. The number of methoxy groups -OCH3 is 1. The zero-order valence-corrected chi connectivity index (χ0v) is 13.3. The number of hydrogen-bond donors (Lipinski definition) is 0.